The standard InChI is InChI=1S/C14H21N3O2/c1-10-8-17(9-14(2,3)19-10)13(18)16-12-6-4-11(15)5-7-12/h4-7,10H,8-9,15H2,1-3H3,(H,16,18). The fraction of sp³-hybridized carbons (Fsp3) is 0.500. The molecule has 5 heteroatoms. The number of benzene rings is 1. The van der Waals surface area contributed by atoms with Gasteiger partial charge in [0, 0.05) is 17.9 Å². The Labute approximate surface area is 113 Å². The number of urea groups is 1. The summed E-state index contributed by atoms with van der Waals surface area (Å²) in [6.45, 7) is 7.14. The average molecular weight is 263 g/mol. The number of nitrogens with one attached hydrogen (secondary N) is 1. The molecule has 1 aromatic carbocycles. The molecule has 1 heterocycles. The molecule has 0 spiro atoms. The van der Waals surface area contributed by atoms with Crippen molar-refractivity contribution >= 4 is 17.4 Å². The fourth-order valence-corrected chi connectivity index (χ4v) is 2.38. The SMILES string of the molecule is CC1CN(C(=O)Nc2ccc(N)cc2)CC(C)(C)O1. The highest BCUT2D eigenvalue weighted by atomic mass is 16.5. The van der Waals surface area contributed by atoms with Crippen molar-refractivity contribution in [1.82, 2.24) is 4.90 Å². The van der Waals surface area contributed by atoms with Gasteiger partial charge in [-0.3, -0.25) is 0 Å². The lowest BCUT2D eigenvalue weighted by Crippen LogP contribution is -2.54. The van der Waals surface area contributed by atoms with Gasteiger partial charge < -0.3 is 20.7 Å². The van der Waals surface area contributed by atoms with E-state index in [1.165, 1.54) is 0 Å². The number of hydrogen-bond acceptors (Lipinski definition) is 3. The van der Waals surface area contributed by atoms with Crippen LogP contribution in [0.5, 0.6) is 0 Å². The minimum absolute atomic E-state index is 0.0425. The van der Waals surface area contributed by atoms with Gasteiger partial charge in [0.05, 0.1) is 18.2 Å². The van der Waals surface area contributed by atoms with Gasteiger partial charge in [-0.2, -0.15) is 0 Å². The van der Waals surface area contributed by atoms with Crippen molar-refractivity contribution in [2.24, 2.45) is 0 Å². The quantitative estimate of drug-likeness (QED) is 0.764. The first-order chi connectivity index (χ1) is 8.85. The highest BCUT2D eigenvalue weighted by Gasteiger charge is 2.33. The van der Waals surface area contributed by atoms with E-state index < -0.39 is 0 Å². The van der Waals surface area contributed by atoms with Crippen molar-refractivity contribution in [3.8, 4) is 0 Å². The molecule has 104 valence electrons. The van der Waals surface area contributed by atoms with E-state index in [9.17, 15) is 4.79 Å². The second-order valence-electron chi connectivity index (χ2n) is 5.62. The number of rotatable bonds is 1. The smallest absolute Gasteiger partial charge is 0.322 e. The molecule has 1 fully saturated rings. The van der Waals surface area contributed by atoms with Crippen LogP contribution in [0.4, 0.5) is 16.2 Å². The first-order valence-electron chi connectivity index (χ1n) is 6.45. The zero-order valence-corrected chi connectivity index (χ0v) is 11.6. The Bertz CT molecular complexity index is 456. The third-order valence-corrected chi connectivity index (χ3v) is 3.02. The number of morpholine rings is 1. The Morgan fingerprint density at radius 2 is 2.05 bits per heavy atom. The molecule has 0 bridgehead atoms. The van der Waals surface area contributed by atoms with Crippen molar-refractivity contribution in [3.05, 3.63) is 24.3 Å². The number of carbonyl (C=O) groups is 1. The molecule has 19 heavy (non-hydrogen) atoms. The lowest BCUT2D eigenvalue weighted by atomic mass is 10.1. The van der Waals surface area contributed by atoms with Crippen LogP contribution in [0.25, 0.3) is 0 Å². The highest BCUT2D eigenvalue weighted by molar-refractivity contribution is 5.89. The van der Waals surface area contributed by atoms with E-state index in [-0.39, 0.29) is 17.7 Å². The van der Waals surface area contributed by atoms with Gasteiger partial charge in [-0.1, -0.05) is 0 Å². The Morgan fingerprint density at radius 3 is 2.63 bits per heavy atom. The van der Waals surface area contributed by atoms with E-state index in [4.69, 9.17) is 10.5 Å². The van der Waals surface area contributed by atoms with Gasteiger partial charge in [0.25, 0.3) is 0 Å². The second-order valence-corrected chi connectivity index (χ2v) is 5.62. The van der Waals surface area contributed by atoms with E-state index in [1.807, 2.05) is 20.8 Å². The van der Waals surface area contributed by atoms with Crippen LogP contribution in [-0.4, -0.2) is 35.7 Å². The summed E-state index contributed by atoms with van der Waals surface area (Å²) in [5.74, 6) is 0. The molecule has 5 nitrogen and oxygen atoms in total. The first-order valence-corrected chi connectivity index (χ1v) is 6.45. The van der Waals surface area contributed by atoms with Gasteiger partial charge in [-0.15, -0.1) is 0 Å². The second kappa shape index (κ2) is 5.09. The number of amides is 2. The lowest BCUT2D eigenvalue weighted by molar-refractivity contribution is -0.116. The molecule has 3 N–H and O–H groups in total. The van der Waals surface area contributed by atoms with Gasteiger partial charge in [0.1, 0.15) is 0 Å². The van der Waals surface area contributed by atoms with E-state index in [1.54, 1.807) is 29.2 Å². The van der Waals surface area contributed by atoms with Crippen molar-refractivity contribution in [2.75, 3.05) is 24.1 Å². The predicted octanol–water partition coefficient (Wildman–Crippen LogP) is 2.30. The maximum atomic E-state index is 12.2. The van der Waals surface area contributed by atoms with Crippen LogP contribution in [0.3, 0.4) is 0 Å². The fourth-order valence-electron chi connectivity index (χ4n) is 2.38. The molecular formula is C14H21N3O2. The van der Waals surface area contributed by atoms with Crippen LogP contribution < -0.4 is 11.1 Å². The molecule has 1 unspecified atom stereocenters. The molecular weight excluding hydrogens is 242 g/mol. The van der Waals surface area contributed by atoms with Crippen molar-refractivity contribution < 1.29 is 9.53 Å². The molecule has 1 aliphatic rings. The van der Waals surface area contributed by atoms with E-state index in [0.717, 1.165) is 5.69 Å². The molecule has 0 saturated carbocycles. The van der Waals surface area contributed by atoms with Crippen LogP contribution in [0.15, 0.2) is 24.3 Å². The number of hydrogen-bond donors (Lipinski definition) is 2. The summed E-state index contributed by atoms with van der Waals surface area (Å²) in [5.41, 5.74) is 6.73. The molecule has 1 aromatic rings. The minimum atomic E-state index is -0.309. The lowest BCUT2D eigenvalue weighted by Gasteiger charge is -2.41. The maximum Gasteiger partial charge on any atom is 0.322 e. The Morgan fingerprint density at radius 1 is 1.42 bits per heavy atom. The zero-order chi connectivity index (χ0) is 14.0. The number of ether oxygens (including phenoxy) is 1. The van der Waals surface area contributed by atoms with Gasteiger partial charge in [0.15, 0.2) is 0 Å². The van der Waals surface area contributed by atoms with Crippen molar-refractivity contribution in [2.45, 2.75) is 32.5 Å². The summed E-state index contributed by atoms with van der Waals surface area (Å²) in [7, 11) is 0. The molecule has 1 atom stereocenters. The topological polar surface area (TPSA) is 67.6 Å². The average Bonchev–Trinajstić information content (AvgIpc) is 2.29. The van der Waals surface area contributed by atoms with Crippen molar-refractivity contribution in [3.63, 3.8) is 0 Å². The summed E-state index contributed by atoms with van der Waals surface area (Å²) in [6, 6.07) is 7.01. The van der Waals surface area contributed by atoms with Crippen molar-refractivity contribution in [1.29, 1.82) is 0 Å². The van der Waals surface area contributed by atoms with E-state index in [0.29, 0.717) is 18.8 Å². The van der Waals surface area contributed by atoms with Gasteiger partial charge in [-0.05, 0) is 45.0 Å². The third kappa shape index (κ3) is 3.61. The van der Waals surface area contributed by atoms with E-state index in [2.05, 4.69) is 5.32 Å². The Balaban J connectivity index is 2.01. The minimum Gasteiger partial charge on any atom is -0.399 e. The highest BCUT2D eigenvalue weighted by Crippen LogP contribution is 2.21. The number of nitrogen functional groups attached to an aromatic ring is 1. The summed E-state index contributed by atoms with van der Waals surface area (Å²) in [4.78, 5) is 14.0. The van der Waals surface area contributed by atoms with Gasteiger partial charge in [-0.25, -0.2) is 4.79 Å². The summed E-state index contributed by atoms with van der Waals surface area (Å²) in [6.07, 6.45) is 0.0425. The normalized spacial score (nSPS) is 22.1. The molecule has 0 aromatic heterocycles. The van der Waals surface area contributed by atoms with Crippen LogP contribution >= 0.6 is 0 Å². The Hall–Kier alpha value is -1.75. The molecule has 2 amide bonds. The molecule has 1 saturated heterocycles. The zero-order valence-electron chi connectivity index (χ0n) is 11.6. The summed E-state index contributed by atoms with van der Waals surface area (Å²) < 4.78 is 5.78. The van der Waals surface area contributed by atoms with Crippen LogP contribution in [0.1, 0.15) is 20.8 Å². The summed E-state index contributed by atoms with van der Waals surface area (Å²) in [5, 5.41) is 2.87. The predicted molar refractivity (Wildman–Crippen MR) is 76.1 cm³/mol. The molecule has 0 radical (unpaired) electrons. The molecule has 1 aliphatic heterocycles. The van der Waals surface area contributed by atoms with Gasteiger partial charge in [0.2, 0.25) is 0 Å². The number of nitrogens with two attached hydrogens (primary N) is 1. The largest absolute Gasteiger partial charge is 0.399 e. The first kappa shape index (κ1) is 13.7. The Kier molecular flexibility index (Phi) is 3.66. The van der Waals surface area contributed by atoms with E-state index >= 15 is 0 Å². The monoisotopic (exact) mass is 263 g/mol. The van der Waals surface area contributed by atoms with Crippen LogP contribution in [-0.2, 0) is 4.74 Å². The molecule has 0 aliphatic carbocycles. The third-order valence-electron chi connectivity index (χ3n) is 3.02. The molecule has 2 rings (SSSR count). The number of nitrogens with zero attached hydrogens (tertiary/aromatic N) is 1. The van der Waals surface area contributed by atoms with Crippen LogP contribution in [0.2, 0.25) is 0 Å². The number of anilines is 2. The van der Waals surface area contributed by atoms with Gasteiger partial charge >= 0.3 is 6.03 Å². The maximum absolute atomic E-state index is 12.2. The van der Waals surface area contributed by atoms with Crippen LogP contribution in [0, 0.1) is 0 Å². The summed E-state index contributed by atoms with van der Waals surface area (Å²) >= 11 is 0. The number of carbonyl (C=O) groups excluding carboxylic acids is 1.